The van der Waals surface area contributed by atoms with Gasteiger partial charge in [-0.15, -0.1) is 13.2 Å². The van der Waals surface area contributed by atoms with Gasteiger partial charge in [-0.25, -0.2) is 22.9 Å². The minimum absolute atomic E-state index is 0.106. The van der Waals surface area contributed by atoms with Crippen LogP contribution in [-0.4, -0.2) is 22.4 Å². The molecule has 1 heterocycles. The van der Waals surface area contributed by atoms with Crippen molar-refractivity contribution in [3.63, 3.8) is 0 Å². The van der Waals surface area contributed by atoms with Crippen LogP contribution in [0.25, 0.3) is 0 Å². The molecule has 18 heavy (non-hydrogen) atoms. The van der Waals surface area contributed by atoms with Crippen LogP contribution < -0.4 is 4.74 Å². The normalized spacial score (nSPS) is 11.7. The second-order valence-corrected chi connectivity index (χ2v) is 2.86. The quantitative estimate of drug-likeness (QED) is 0.862. The van der Waals surface area contributed by atoms with Crippen LogP contribution in [0.5, 0.6) is 5.75 Å². The van der Waals surface area contributed by atoms with E-state index in [1.165, 1.54) is 0 Å². The maximum atomic E-state index is 12.9. The van der Waals surface area contributed by atoms with Gasteiger partial charge in [0.25, 0.3) is 6.43 Å². The molecule has 0 aliphatic carbocycles. The number of ether oxygens (including phenoxy) is 1. The number of hydrogen-bond acceptors (Lipinski definition) is 3. The molecule has 1 N–H and O–H groups in total. The van der Waals surface area contributed by atoms with Gasteiger partial charge in [-0.2, -0.15) is 0 Å². The summed E-state index contributed by atoms with van der Waals surface area (Å²) in [5.74, 6) is -5.36. The number of aromatic nitrogens is 1. The van der Waals surface area contributed by atoms with Gasteiger partial charge in [0.05, 0.1) is 0 Å². The Bertz CT molecular complexity index is 473. The average Bonchev–Trinajstić information content (AvgIpc) is 2.13. The molecule has 0 radical (unpaired) electrons. The third-order valence-electron chi connectivity index (χ3n) is 1.60. The molecule has 0 amide bonds. The van der Waals surface area contributed by atoms with Crippen LogP contribution >= 0.6 is 0 Å². The average molecular weight is 275 g/mol. The first kappa shape index (κ1) is 14.1. The second kappa shape index (κ2) is 4.70. The molecule has 0 aliphatic heterocycles. The number of carboxylic acids is 1. The zero-order chi connectivity index (χ0) is 14.1. The Kier molecular flexibility index (Phi) is 3.67. The van der Waals surface area contributed by atoms with E-state index in [0.29, 0.717) is 0 Å². The Balaban J connectivity index is 3.34. The van der Waals surface area contributed by atoms with Crippen molar-refractivity contribution in [1.82, 2.24) is 4.98 Å². The van der Waals surface area contributed by atoms with Crippen molar-refractivity contribution in [3.05, 3.63) is 23.3 Å². The Morgan fingerprint density at radius 2 is 1.94 bits per heavy atom. The Labute approximate surface area is 94.8 Å². The lowest BCUT2D eigenvalue weighted by Gasteiger charge is -2.12. The maximum Gasteiger partial charge on any atom is 0.573 e. The molecule has 1 rings (SSSR count). The van der Waals surface area contributed by atoms with E-state index >= 15 is 0 Å². The number of rotatable bonds is 3. The van der Waals surface area contributed by atoms with E-state index < -0.39 is 41.7 Å². The van der Waals surface area contributed by atoms with Gasteiger partial charge in [0, 0.05) is 6.07 Å². The molecule has 0 atom stereocenters. The highest BCUT2D eigenvalue weighted by Gasteiger charge is 2.35. The van der Waals surface area contributed by atoms with Crippen LogP contribution in [0, 0.1) is 5.82 Å². The van der Waals surface area contributed by atoms with Crippen molar-refractivity contribution in [2.24, 2.45) is 0 Å². The molecule has 0 aliphatic rings. The lowest BCUT2D eigenvalue weighted by molar-refractivity contribution is -0.274. The highest BCUT2D eigenvalue weighted by atomic mass is 19.4. The topological polar surface area (TPSA) is 59.4 Å². The fourth-order valence-electron chi connectivity index (χ4n) is 0.995. The first-order valence-electron chi connectivity index (χ1n) is 4.09. The number of carboxylic acid groups (broad SMARTS) is 1. The predicted octanol–water partition coefficient (Wildman–Crippen LogP) is 2.76. The molecule has 10 heteroatoms. The van der Waals surface area contributed by atoms with E-state index in [1.807, 2.05) is 0 Å². The molecule has 1 aromatic rings. The van der Waals surface area contributed by atoms with Crippen molar-refractivity contribution in [2.45, 2.75) is 12.8 Å². The van der Waals surface area contributed by atoms with Crippen LogP contribution in [0.1, 0.15) is 22.6 Å². The van der Waals surface area contributed by atoms with Crippen LogP contribution in [0.4, 0.5) is 26.3 Å². The summed E-state index contributed by atoms with van der Waals surface area (Å²) < 4.78 is 76.1. The summed E-state index contributed by atoms with van der Waals surface area (Å²) in [6.45, 7) is 0. The second-order valence-electron chi connectivity index (χ2n) is 2.86. The SMILES string of the molecule is O=C(O)c1nc(C(F)F)c(F)cc1OC(F)(F)F. The van der Waals surface area contributed by atoms with E-state index in [9.17, 15) is 31.1 Å². The number of nitrogens with zero attached hydrogens (tertiary/aromatic N) is 1. The molecular formula is C8H3F6NO3. The number of aromatic carboxylic acids is 1. The van der Waals surface area contributed by atoms with Gasteiger partial charge in [0.15, 0.2) is 17.3 Å². The van der Waals surface area contributed by atoms with Crippen molar-refractivity contribution in [3.8, 4) is 5.75 Å². The number of halogens is 6. The standard InChI is InChI=1S/C8H3F6NO3/c9-2-1-3(18-8(12,13)14)5(7(16)17)15-4(2)6(10)11/h1,6H,(H,16,17). The Hall–Kier alpha value is -2.00. The van der Waals surface area contributed by atoms with E-state index in [4.69, 9.17) is 5.11 Å². The molecule has 1 aromatic heterocycles. The molecule has 0 fully saturated rings. The van der Waals surface area contributed by atoms with Gasteiger partial charge in [-0.1, -0.05) is 0 Å². The molecule has 0 saturated carbocycles. The van der Waals surface area contributed by atoms with Crippen LogP contribution in [0.15, 0.2) is 6.07 Å². The first-order chi connectivity index (χ1) is 8.11. The van der Waals surface area contributed by atoms with Gasteiger partial charge in [0.2, 0.25) is 0 Å². The third kappa shape index (κ3) is 3.25. The number of carbonyl (C=O) groups is 1. The summed E-state index contributed by atoms with van der Waals surface area (Å²) in [7, 11) is 0. The Morgan fingerprint density at radius 1 is 1.39 bits per heavy atom. The van der Waals surface area contributed by atoms with E-state index in [-0.39, 0.29) is 6.07 Å². The van der Waals surface area contributed by atoms with Crippen molar-refractivity contribution >= 4 is 5.97 Å². The molecule has 0 aromatic carbocycles. The molecule has 100 valence electrons. The first-order valence-corrected chi connectivity index (χ1v) is 4.09. The monoisotopic (exact) mass is 275 g/mol. The van der Waals surface area contributed by atoms with Gasteiger partial charge in [0.1, 0.15) is 5.69 Å². The van der Waals surface area contributed by atoms with Crippen molar-refractivity contribution < 1.29 is 41.0 Å². The highest BCUT2D eigenvalue weighted by Crippen LogP contribution is 2.30. The fourth-order valence-corrected chi connectivity index (χ4v) is 0.995. The van der Waals surface area contributed by atoms with Crippen molar-refractivity contribution in [2.75, 3.05) is 0 Å². The molecule has 0 unspecified atom stereocenters. The Morgan fingerprint density at radius 3 is 2.33 bits per heavy atom. The van der Waals surface area contributed by atoms with Gasteiger partial charge in [-0.05, 0) is 0 Å². The number of pyridine rings is 1. The summed E-state index contributed by atoms with van der Waals surface area (Å²) in [4.78, 5) is 13.1. The van der Waals surface area contributed by atoms with Crippen LogP contribution in [0.2, 0.25) is 0 Å². The van der Waals surface area contributed by atoms with E-state index in [1.54, 1.807) is 0 Å². The minimum Gasteiger partial charge on any atom is -0.476 e. The molecule has 4 nitrogen and oxygen atoms in total. The summed E-state index contributed by atoms with van der Waals surface area (Å²) in [6.07, 6.45) is -8.77. The number of hydrogen-bond donors (Lipinski definition) is 1. The van der Waals surface area contributed by atoms with Gasteiger partial charge in [-0.3, -0.25) is 0 Å². The smallest absolute Gasteiger partial charge is 0.476 e. The van der Waals surface area contributed by atoms with Crippen LogP contribution in [-0.2, 0) is 0 Å². The highest BCUT2D eigenvalue weighted by molar-refractivity contribution is 5.88. The van der Waals surface area contributed by atoms with E-state index in [2.05, 4.69) is 9.72 Å². The fraction of sp³-hybridized carbons (Fsp3) is 0.250. The molecule has 0 spiro atoms. The summed E-state index contributed by atoms with van der Waals surface area (Å²) >= 11 is 0. The minimum atomic E-state index is -5.30. The maximum absolute atomic E-state index is 12.9. The third-order valence-corrected chi connectivity index (χ3v) is 1.60. The van der Waals surface area contributed by atoms with E-state index in [0.717, 1.165) is 0 Å². The predicted molar refractivity (Wildman–Crippen MR) is 42.8 cm³/mol. The van der Waals surface area contributed by atoms with Crippen LogP contribution in [0.3, 0.4) is 0 Å². The molecule has 0 bridgehead atoms. The summed E-state index contributed by atoms with van der Waals surface area (Å²) in [5.41, 5.74) is -3.02. The lowest BCUT2D eigenvalue weighted by Crippen LogP contribution is -2.20. The van der Waals surface area contributed by atoms with Crippen molar-refractivity contribution in [1.29, 1.82) is 0 Å². The number of alkyl halides is 5. The van der Waals surface area contributed by atoms with Gasteiger partial charge >= 0.3 is 12.3 Å². The molecular weight excluding hydrogens is 272 g/mol. The summed E-state index contributed by atoms with van der Waals surface area (Å²) in [6, 6.07) is -0.106. The van der Waals surface area contributed by atoms with Gasteiger partial charge < -0.3 is 9.84 Å². The zero-order valence-electron chi connectivity index (χ0n) is 8.13. The summed E-state index contributed by atoms with van der Waals surface area (Å²) in [5, 5.41) is 8.48. The lowest BCUT2D eigenvalue weighted by atomic mass is 10.2. The molecule has 0 saturated heterocycles. The zero-order valence-corrected chi connectivity index (χ0v) is 8.13. The largest absolute Gasteiger partial charge is 0.573 e.